The van der Waals surface area contributed by atoms with E-state index in [2.05, 4.69) is 15.6 Å². The van der Waals surface area contributed by atoms with Crippen molar-refractivity contribution in [2.24, 2.45) is 0 Å². The van der Waals surface area contributed by atoms with E-state index in [9.17, 15) is 19.2 Å². The number of piperidine rings is 1. The third kappa shape index (κ3) is 3.21. The summed E-state index contributed by atoms with van der Waals surface area (Å²) in [6.07, 6.45) is 0.364. The zero-order valence-electron chi connectivity index (χ0n) is 14.4. The number of rotatable bonds is 4. The number of anilines is 1. The lowest BCUT2D eigenvalue weighted by Gasteiger charge is -2.24. The smallest absolute Gasteiger partial charge is 0.264 e. The number of aromatic nitrogens is 2. The van der Waals surface area contributed by atoms with Crippen LogP contribution in [-0.4, -0.2) is 41.0 Å². The lowest BCUT2D eigenvalue weighted by Crippen LogP contribution is -2.45. The zero-order valence-corrected chi connectivity index (χ0v) is 14.4. The molecule has 1 saturated heterocycles. The Morgan fingerprint density at radius 2 is 2.15 bits per heavy atom. The summed E-state index contributed by atoms with van der Waals surface area (Å²) in [4.78, 5) is 52.9. The Morgan fingerprint density at radius 3 is 2.85 bits per heavy atom. The van der Waals surface area contributed by atoms with Crippen molar-refractivity contribution in [3.8, 4) is 0 Å². The second-order valence-corrected chi connectivity index (χ2v) is 5.98. The molecule has 2 heterocycles. The number of aryl methyl sites for hydroxylation is 1. The number of fused-ring (bicyclic) bond motifs is 1. The highest BCUT2D eigenvalue weighted by molar-refractivity contribution is 6.02. The number of amides is 3. The van der Waals surface area contributed by atoms with Gasteiger partial charge in [0.2, 0.25) is 17.7 Å². The first-order valence-electron chi connectivity index (χ1n) is 8.06. The average Bonchev–Trinajstić information content (AvgIpc) is 2.56. The van der Waals surface area contributed by atoms with Gasteiger partial charge >= 0.3 is 0 Å². The van der Waals surface area contributed by atoms with E-state index in [-0.39, 0.29) is 30.7 Å². The molecule has 1 aromatic heterocycles. The number of ether oxygens (including phenoxy) is 1. The minimum absolute atomic E-state index is 0.145. The van der Waals surface area contributed by atoms with Gasteiger partial charge in [0.15, 0.2) is 0 Å². The van der Waals surface area contributed by atoms with Crippen LogP contribution >= 0.6 is 0 Å². The molecule has 0 saturated carbocycles. The second-order valence-electron chi connectivity index (χ2n) is 5.98. The number of hydrogen-bond donors (Lipinski definition) is 2. The lowest BCUT2D eigenvalue weighted by atomic mass is 10.1. The van der Waals surface area contributed by atoms with Crippen molar-refractivity contribution < 1.29 is 19.1 Å². The van der Waals surface area contributed by atoms with Crippen LogP contribution in [-0.2, 0) is 19.1 Å². The molecule has 1 aromatic carbocycles. The molecule has 0 spiro atoms. The SMILES string of the molecule is COCC(=O)Nc1cccc2nc(C)n([C@@H]3CCC(=O)NC3=O)c(=O)c12. The summed E-state index contributed by atoms with van der Waals surface area (Å²) in [6.45, 7) is 1.47. The number of nitrogens with zero attached hydrogens (tertiary/aromatic N) is 2. The monoisotopic (exact) mass is 358 g/mol. The molecule has 1 fully saturated rings. The number of benzene rings is 1. The summed E-state index contributed by atoms with van der Waals surface area (Å²) in [6, 6.07) is 4.10. The highest BCUT2D eigenvalue weighted by Gasteiger charge is 2.30. The standard InChI is InChI=1S/C17H18N4O5/c1-9-18-10-4-3-5-11(19-14(23)8-26-2)15(10)17(25)21(9)12-6-7-13(22)20-16(12)24/h3-5,12H,6-8H2,1-2H3,(H,19,23)(H,20,22,24)/t12-/m1/s1. The molecule has 9 nitrogen and oxygen atoms in total. The molecule has 3 amide bonds. The van der Waals surface area contributed by atoms with Gasteiger partial charge in [-0.25, -0.2) is 4.98 Å². The summed E-state index contributed by atoms with van der Waals surface area (Å²) in [5.41, 5.74) is 0.254. The number of carbonyl (C=O) groups is 3. The van der Waals surface area contributed by atoms with Crippen molar-refractivity contribution in [1.29, 1.82) is 0 Å². The van der Waals surface area contributed by atoms with Crippen molar-refractivity contribution in [2.75, 3.05) is 19.0 Å². The van der Waals surface area contributed by atoms with E-state index in [1.807, 2.05) is 0 Å². The van der Waals surface area contributed by atoms with Gasteiger partial charge in [-0.2, -0.15) is 0 Å². The summed E-state index contributed by atoms with van der Waals surface area (Å²) >= 11 is 0. The highest BCUT2D eigenvalue weighted by atomic mass is 16.5. The normalized spacial score (nSPS) is 17.2. The van der Waals surface area contributed by atoms with Gasteiger partial charge in [0.05, 0.1) is 16.6 Å². The Kier molecular flexibility index (Phi) is 4.81. The number of carbonyl (C=O) groups excluding carboxylic acids is 3. The highest BCUT2D eigenvalue weighted by Crippen LogP contribution is 2.23. The molecule has 0 unspecified atom stereocenters. The molecule has 2 N–H and O–H groups in total. The first-order chi connectivity index (χ1) is 12.4. The number of imide groups is 1. The lowest BCUT2D eigenvalue weighted by molar-refractivity contribution is -0.135. The molecular formula is C17H18N4O5. The molecule has 26 heavy (non-hydrogen) atoms. The first-order valence-corrected chi connectivity index (χ1v) is 8.06. The molecule has 2 aromatic rings. The minimum Gasteiger partial charge on any atom is -0.375 e. The van der Waals surface area contributed by atoms with Crippen molar-refractivity contribution in [3.05, 3.63) is 34.4 Å². The minimum atomic E-state index is -0.820. The van der Waals surface area contributed by atoms with Crippen molar-refractivity contribution in [2.45, 2.75) is 25.8 Å². The quantitative estimate of drug-likeness (QED) is 0.757. The Morgan fingerprint density at radius 1 is 1.38 bits per heavy atom. The van der Waals surface area contributed by atoms with Crippen LogP contribution in [0.15, 0.2) is 23.0 Å². The van der Waals surface area contributed by atoms with Crippen LogP contribution in [0.25, 0.3) is 10.9 Å². The van der Waals surface area contributed by atoms with Crippen LogP contribution in [0.1, 0.15) is 24.7 Å². The van der Waals surface area contributed by atoms with Gasteiger partial charge in [-0.3, -0.25) is 29.1 Å². The molecule has 1 aliphatic heterocycles. The number of methoxy groups -OCH3 is 1. The molecule has 0 aliphatic carbocycles. The molecular weight excluding hydrogens is 340 g/mol. The summed E-state index contributed by atoms with van der Waals surface area (Å²) < 4.78 is 6.06. The predicted molar refractivity (Wildman–Crippen MR) is 92.7 cm³/mol. The maximum absolute atomic E-state index is 13.1. The van der Waals surface area contributed by atoms with Crippen LogP contribution in [0.5, 0.6) is 0 Å². The zero-order chi connectivity index (χ0) is 18.8. The largest absolute Gasteiger partial charge is 0.375 e. The maximum atomic E-state index is 13.1. The van der Waals surface area contributed by atoms with Crippen LogP contribution < -0.4 is 16.2 Å². The number of hydrogen-bond acceptors (Lipinski definition) is 6. The van der Waals surface area contributed by atoms with Gasteiger partial charge in [-0.15, -0.1) is 0 Å². The Bertz CT molecular complexity index is 966. The fourth-order valence-electron chi connectivity index (χ4n) is 3.07. The molecule has 136 valence electrons. The Hall–Kier alpha value is -3.07. The summed E-state index contributed by atoms with van der Waals surface area (Å²) in [5, 5.41) is 5.07. The van der Waals surface area contributed by atoms with Gasteiger partial charge in [0, 0.05) is 13.5 Å². The third-order valence-corrected chi connectivity index (χ3v) is 4.18. The van der Waals surface area contributed by atoms with E-state index in [0.717, 1.165) is 0 Å². The average molecular weight is 358 g/mol. The Labute approximate surface area is 148 Å². The van der Waals surface area contributed by atoms with E-state index in [1.165, 1.54) is 11.7 Å². The first kappa shape index (κ1) is 17.7. The molecule has 3 rings (SSSR count). The van der Waals surface area contributed by atoms with E-state index in [1.54, 1.807) is 25.1 Å². The van der Waals surface area contributed by atoms with Crippen molar-refractivity contribution >= 4 is 34.3 Å². The molecule has 0 radical (unpaired) electrons. The number of nitrogens with one attached hydrogen (secondary N) is 2. The van der Waals surface area contributed by atoms with Crippen LogP contribution in [0.4, 0.5) is 5.69 Å². The van der Waals surface area contributed by atoms with Crippen LogP contribution in [0.2, 0.25) is 0 Å². The third-order valence-electron chi connectivity index (χ3n) is 4.18. The topological polar surface area (TPSA) is 119 Å². The molecule has 0 bridgehead atoms. The van der Waals surface area contributed by atoms with E-state index in [4.69, 9.17) is 4.74 Å². The van der Waals surface area contributed by atoms with Crippen molar-refractivity contribution in [3.63, 3.8) is 0 Å². The molecule has 1 aliphatic rings. The fraction of sp³-hybridized carbons (Fsp3) is 0.353. The van der Waals surface area contributed by atoms with Gasteiger partial charge in [-0.05, 0) is 25.5 Å². The van der Waals surface area contributed by atoms with Gasteiger partial charge in [0.1, 0.15) is 18.5 Å². The van der Waals surface area contributed by atoms with Gasteiger partial charge < -0.3 is 10.1 Å². The maximum Gasteiger partial charge on any atom is 0.264 e. The summed E-state index contributed by atoms with van der Waals surface area (Å²) in [7, 11) is 1.39. The summed E-state index contributed by atoms with van der Waals surface area (Å²) in [5.74, 6) is -0.948. The fourth-order valence-corrected chi connectivity index (χ4v) is 3.07. The second kappa shape index (κ2) is 7.04. The molecule has 1 atom stereocenters. The predicted octanol–water partition coefficient (Wildman–Crippen LogP) is 0.268. The van der Waals surface area contributed by atoms with E-state index < -0.39 is 23.4 Å². The van der Waals surface area contributed by atoms with Crippen LogP contribution in [0, 0.1) is 6.92 Å². The van der Waals surface area contributed by atoms with Crippen molar-refractivity contribution in [1.82, 2.24) is 14.9 Å². The van der Waals surface area contributed by atoms with E-state index in [0.29, 0.717) is 17.0 Å². The Balaban J connectivity index is 2.14. The van der Waals surface area contributed by atoms with E-state index >= 15 is 0 Å². The van der Waals surface area contributed by atoms with Crippen LogP contribution in [0.3, 0.4) is 0 Å². The molecule has 9 heteroatoms. The van der Waals surface area contributed by atoms with Gasteiger partial charge in [0.25, 0.3) is 5.56 Å². The van der Waals surface area contributed by atoms with Gasteiger partial charge in [-0.1, -0.05) is 6.07 Å².